The molecule has 0 atom stereocenters. The quantitative estimate of drug-likeness (QED) is 0.861. The topological polar surface area (TPSA) is 50.2 Å². The minimum atomic E-state index is -0.956. The number of carboxylic acids is 1. The largest absolute Gasteiger partial charge is 0.481 e. The number of halogens is 2. The van der Waals surface area contributed by atoms with E-state index in [0.29, 0.717) is 10.0 Å². The molecule has 0 unspecified atom stereocenters. The maximum atomic E-state index is 13.4. The molecular weight excluding hydrogens is 292 g/mol. The fraction of sp³-hybridized carbons (Fsp3) is 0.167. The summed E-state index contributed by atoms with van der Waals surface area (Å²) in [5.74, 6) is -2.01. The van der Waals surface area contributed by atoms with Gasteiger partial charge in [0.15, 0.2) is 0 Å². The first-order valence-electron chi connectivity index (χ1n) is 5.28. The monoisotopic (exact) mass is 301 g/mol. The van der Waals surface area contributed by atoms with Gasteiger partial charge in [0, 0.05) is 16.7 Å². The molecule has 7 heteroatoms. The minimum Gasteiger partial charge on any atom is -0.481 e. The Morgan fingerprint density at radius 3 is 2.68 bits per heavy atom. The van der Waals surface area contributed by atoms with Gasteiger partial charge in [-0.1, -0.05) is 17.8 Å². The maximum Gasteiger partial charge on any atom is 0.309 e. The normalized spacial score (nSPS) is 10.6. The molecule has 0 amide bonds. The summed E-state index contributed by atoms with van der Waals surface area (Å²) in [6.07, 6.45) is -0.148. The Labute approximate surface area is 116 Å². The van der Waals surface area contributed by atoms with E-state index in [1.54, 1.807) is 5.38 Å². The van der Waals surface area contributed by atoms with Crippen molar-refractivity contribution in [1.82, 2.24) is 4.98 Å². The fourth-order valence-corrected chi connectivity index (χ4v) is 3.26. The fourth-order valence-electron chi connectivity index (χ4n) is 1.39. The number of aromatic nitrogens is 1. The summed E-state index contributed by atoms with van der Waals surface area (Å²) in [5.41, 5.74) is 0.455. The zero-order valence-corrected chi connectivity index (χ0v) is 11.2. The third-order valence-electron chi connectivity index (χ3n) is 2.26. The summed E-state index contributed by atoms with van der Waals surface area (Å²) in [4.78, 5) is 14.6. The Hall–Kier alpha value is -1.47. The number of carbonyl (C=O) groups is 1. The molecule has 0 aliphatic heterocycles. The van der Waals surface area contributed by atoms with E-state index < -0.39 is 17.6 Å². The van der Waals surface area contributed by atoms with Crippen LogP contribution in [0.2, 0.25) is 0 Å². The van der Waals surface area contributed by atoms with Crippen LogP contribution in [0.25, 0.3) is 0 Å². The third kappa shape index (κ3) is 3.74. The van der Waals surface area contributed by atoms with E-state index in [4.69, 9.17) is 5.11 Å². The highest BCUT2D eigenvalue weighted by molar-refractivity contribution is 8.00. The highest BCUT2D eigenvalue weighted by atomic mass is 32.2. The van der Waals surface area contributed by atoms with Crippen LogP contribution in [0.5, 0.6) is 0 Å². The molecule has 2 rings (SSSR count). The number of nitrogens with zero attached hydrogens (tertiary/aromatic N) is 1. The summed E-state index contributed by atoms with van der Waals surface area (Å²) < 4.78 is 27.4. The van der Waals surface area contributed by atoms with E-state index in [-0.39, 0.29) is 17.7 Å². The van der Waals surface area contributed by atoms with Gasteiger partial charge in [0.1, 0.15) is 16.0 Å². The van der Waals surface area contributed by atoms with Crippen LogP contribution >= 0.6 is 23.1 Å². The molecule has 3 nitrogen and oxygen atoms in total. The molecule has 1 aromatic heterocycles. The van der Waals surface area contributed by atoms with Crippen LogP contribution < -0.4 is 0 Å². The third-order valence-corrected chi connectivity index (χ3v) is 4.36. The van der Waals surface area contributed by atoms with E-state index >= 15 is 0 Å². The van der Waals surface area contributed by atoms with Crippen LogP contribution in [-0.4, -0.2) is 16.1 Å². The molecule has 0 bridgehead atoms. The van der Waals surface area contributed by atoms with Crippen molar-refractivity contribution in [3.8, 4) is 0 Å². The van der Waals surface area contributed by atoms with Crippen molar-refractivity contribution >= 4 is 29.1 Å². The summed E-state index contributed by atoms with van der Waals surface area (Å²) >= 11 is 2.45. The van der Waals surface area contributed by atoms with Crippen LogP contribution in [0.1, 0.15) is 11.3 Å². The van der Waals surface area contributed by atoms with Gasteiger partial charge in [0.05, 0.1) is 12.1 Å². The molecule has 0 aliphatic carbocycles. The molecule has 0 aliphatic rings. The number of benzene rings is 1. The van der Waals surface area contributed by atoms with Gasteiger partial charge in [0.2, 0.25) is 0 Å². The van der Waals surface area contributed by atoms with Gasteiger partial charge in [-0.3, -0.25) is 4.79 Å². The number of thioether (sulfide) groups is 1. The lowest BCUT2D eigenvalue weighted by Crippen LogP contribution is -1.99. The number of hydrogen-bond acceptors (Lipinski definition) is 4. The lowest BCUT2D eigenvalue weighted by Gasteiger charge is -2.02. The summed E-state index contributed by atoms with van der Waals surface area (Å²) in [7, 11) is 0. The molecule has 0 radical (unpaired) electrons. The van der Waals surface area contributed by atoms with E-state index in [2.05, 4.69) is 4.98 Å². The van der Waals surface area contributed by atoms with E-state index in [1.807, 2.05) is 0 Å². The maximum absolute atomic E-state index is 13.4. The zero-order valence-electron chi connectivity index (χ0n) is 9.60. The van der Waals surface area contributed by atoms with Gasteiger partial charge in [-0.2, -0.15) is 0 Å². The number of thiazole rings is 1. The van der Waals surface area contributed by atoms with Crippen molar-refractivity contribution in [3.05, 3.63) is 46.5 Å². The summed E-state index contributed by atoms with van der Waals surface area (Å²) in [6.45, 7) is 0. The highest BCUT2D eigenvalue weighted by Gasteiger charge is 2.11. The van der Waals surface area contributed by atoms with Crippen molar-refractivity contribution in [3.63, 3.8) is 0 Å². The van der Waals surface area contributed by atoms with Crippen molar-refractivity contribution in [2.45, 2.75) is 16.5 Å². The Kier molecular flexibility index (Phi) is 4.49. The molecule has 0 saturated carbocycles. The van der Waals surface area contributed by atoms with Crippen molar-refractivity contribution in [2.24, 2.45) is 0 Å². The second kappa shape index (κ2) is 6.12. The lowest BCUT2D eigenvalue weighted by molar-refractivity contribution is -0.136. The van der Waals surface area contributed by atoms with Crippen molar-refractivity contribution in [1.29, 1.82) is 0 Å². The van der Waals surface area contributed by atoms with Crippen LogP contribution in [0.15, 0.2) is 27.9 Å². The first-order valence-corrected chi connectivity index (χ1v) is 7.14. The molecular formula is C12H9F2NO2S2. The van der Waals surface area contributed by atoms with Crippen molar-refractivity contribution < 1.29 is 18.7 Å². The SMILES string of the molecule is O=C(O)Cc1csc(SCc2c(F)cccc2F)n1. The first kappa shape index (κ1) is 14.0. The number of aliphatic carboxylic acids is 1. The molecule has 1 heterocycles. The standard InChI is InChI=1S/C12H9F2NO2S2/c13-9-2-1-3-10(14)8(9)6-19-12-15-7(5-18-12)4-11(16)17/h1-3,5H,4,6H2,(H,16,17). The van der Waals surface area contributed by atoms with Gasteiger partial charge in [-0.15, -0.1) is 11.3 Å². The number of carboxylic acid groups (broad SMARTS) is 1. The predicted molar refractivity (Wildman–Crippen MR) is 69.4 cm³/mol. The van der Waals surface area contributed by atoms with Gasteiger partial charge in [-0.25, -0.2) is 13.8 Å². The van der Waals surface area contributed by atoms with E-state index in [1.165, 1.54) is 41.3 Å². The Morgan fingerprint density at radius 1 is 1.37 bits per heavy atom. The Bertz CT molecular complexity index is 581. The van der Waals surface area contributed by atoms with Gasteiger partial charge >= 0.3 is 5.97 Å². The molecule has 0 fully saturated rings. The zero-order chi connectivity index (χ0) is 13.8. The Balaban J connectivity index is 2.02. The Morgan fingerprint density at radius 2 is 2.05 bits per heavy atom. The summed E-state index contributed by atoms with van der Waals surface area (Å²) in [5, 5.41) is 10.2. The summed E-state index contributed by atoms with van der Waals surface area (Å²) in [6, 6.07) is 3.72. The lowest BCUT2D eigenvalue weighted by atomic mass is 10.2. The highest BCUT2D eigenvalue weighted by Crippen LogP contribution is 2.28. The average Bonchev–Trinajstić information content (AvgIpc) is 2.75. The second-order valence-corrected chi connectivity index (χ2v) is 5.74. The van der Waals surface area contributed by atoms with E-state index in [0.717, 1.165) is 0 Å². The molecule has 1 aromatic carbocycles. The van der Waals surface area contributed by atoms with Crippen LogP contribution in [0.4, 0.5) is 8.78 Å². The first-order chi connectivity index (χ1) is 9.06. The molecule has 100 valence electrons. The smallest absolute Gasteiger partial charge is 0.309 e. The van der Waals surface area contributed by atoms with E-state index in [9.17, 15) is 13.6 Å². The van der Waals surface area contributed by atoms with Gasteiger partial charge < -0.3 is 5.11 Å². The predicted octanol–water partition coefficient (Wildman–Crippen LogP) is 3.34. The second-order valence-electron chi connectivity index (χ2n) is 3.66. The van der Waals surface area contributed by atoms with Crippen LogP contribution in [0.3, 0.4) is 0 Å². The van der Waals surface area contributed by atoms with Gasteiger partial charge in [-0.05, 0) is 12.1 Å². The van der Waals surface area contributed by atoms with Crippen LogP contribution in [0, 0.1) is 11.6 Å². The molecule has 0 saturated heterocycles. The minimum absolute atomic E-state index is 0.00230. The molecule has 2 aromatic rings. The molecule has 19 heavy (non-hydrogen) atoms. The van der Waals surface area contributed by atoms with Crippen molar-refractivity contribution in [2.75, 3.05) is 0 Å². The van der Waals surface area contributed by atoms with Gasteiger partial charge in [0.25, 0.3) is 0 Å². The number of rotatable bonds is 5. The molecule has 1 N–H and O–H groups in total. The number of hydrogen-bond donors (Lipinski definition) is 1. The average molecular weight is 301 g/mol. The molecule has 0 spiro atoms. The van der Waals surface area contributed by atoms with Crippen LogP contribution in [-0.2, 0) is 17.0 Å².